The van der Waals surface area contributed by atoms with Crippen LogP contribution in [-0.2, 0) is 25.7 Å². The number of hydrogen-bond donors (Lipinski definition) is 1. The molecule has 0 saturated carbocycles. The van der Waals surface area contributed by atoms with E-state index in [1.807, 2.05) is 4.90 Å². The largest absolute Gasteiger partial charge is 0.378 e. The van der Waals surface area contributed by atoms with E-state index in [1.165, 1.54) is 31.3 Å². The molecule has 2 amide bonds. The summed E-state index contributed by atoms with van der Waals surface area (Å²) in [7, 11) is 1.46. The highest BCUT2D eigenvalue weighted by molar-refractivity contribution is 6.45. The van der Waals surface area contributed by atoms with Gasteiger partial charge in [-0.05, 0) is 17.7 Å². The molecule has 1 aromatic rings. The van der Waals surface area contributed by atoms with Gasteiger partial charge in [0.1, 0.15) is 5.82 Å². The molecule has 3 rings (SSSR count). The van der Waals surface area contributed by atoms with Gasteiger partial charge in [0.05, 0.1) is 13.2 Å². The second-order valence-corrected chi connectivity index (χ2v) is 6.00. The highest BCUT2D eigenvalue weighted by Crippen LogP contribution is 2.13. The van der Waals surface area contributed by atoms with E-state index in [0.717, 1.165) is 4.90 Å². The highest BCUT2D eigenvalue weighted by atomic mass is 19.1. The van der Waals surface area contributed by atoms with Gasteiger partial charge in [0, 0.05) is 26.7 Å². The number of rotatable bonds is 3. The third-order valence-electron chi connectivity index (χ3n) is 4.23. The fourth-order valence-electron chi connectivity index (χ4n) is 2.76. The number of ketones is 1. The van der Waals surface area contributed by atoms with Gasteiger partial charge in [-0.15, -0.1) is 0 Å². The minimum atomic E-state index is -1.42. The van der Waals surface area contributed by atoms with Crippen LogP contribution in [0.3, 0.4) is 0 Å². The van der Waals surface area contributed by atoms with Gasteiger partial charge in [0.25, 0.3) is 17.6 Å². The van der Waals surface area contributed by atoms with E-state index in [4.69, 9.17) is 4.74 Å². The summed E-state index contributed by atoms with van der Waals surface area (Å²) in [4.78, 5) is 44.0. The number of guanidine groups is 1. The number of morpholine rings is 1. The van der Waals surface area contributed by atoms with Crippen LogP contribution in [0, 0.1) is 5.82 Å². The number of Topliss-reactive ketones (excluding diaryl/α,β-unsaturated/α-hetero) is 1. The molecule has 2 heterocycles. The average Bonchev–Trinajstić information content (AvgIpc) is 2.66. The Hall–Kier alpha value is -2.81. The first-order valence-electron chi connectivity index (χ1n) is 8.22. The van der Waals surface area contributed by atoms with Gasteiger partial charge in [-0.25, -0.2) is 9.38 Å². The molecule has 1 aromatic carbocycles. The van der Waals surface area contributed by atoms with E-state index in [9.17, 15) is 18.8 Å². The molecule has 0 aromatic heterocycles. The number of likely N-dealkylation sites (N-methyl/N-ethyl adjacent to an activating group) is 1. The fraction of sp³-hybridized carbons (Fsp3) is 0.412. The van der Waals surface area contributed by atoms with Crippen LogP contribution in [0.5, 0.6) is 0 Å². The Morgan fingerprint density at radius 3 is 2.58 bits per heavy atom. The van der Waals surface area contributed by atoms with E-state index in [1.54, 1.807) is 0 Å². The normalized spacial score (nSPS) is 20.8. The van der Waals surface area contributed by atoms with Crippen LogP contribution in [-0.4, -0.2) is 72.7 Å². The summed E-state index contributed by atoms with van der Waals surface area (Å²) in [6.07, 6.45) is 0. The molecule has 26 heavy (non-hydrogen) atoms. The van der Waals surface area contributed by atoms with E-state index in [-0.39, 0.29) is 12.4 Å². The predicted octanol–water partition coefficient (Wildman–Crippen LogP) is -0.460. The lowest BCUT2D eigenvalue weighted by molar-refractivity contribution is -0.145. The van der Waals surface area contributed by atoms with Crippen LogP contribution in [0.2, 0.25) is 0 Å². The SMILES string of the molecule is CN1C(=O)C(=O)C(C(=O)NCc2ccc(F)cc2)N=C1N1CCOCC1. The summed E-state index contributed by atoms with van der Waals surface area (Å²) in [5.41, 5.74) is 0.670. The summed E-state index contributed by atoms with van der Waals surface area (Å²) in [5, 5.41) is 2.57. The van der Waals surface area contributed by atoms with Crippen molar-refractivity contribution in [3.8, 4) is 0 Å². The fourth-order valence-corrected chi connectivity index (χ4v) is 2.76. The van der Waals surface area contributed by atoms with E-state index in [2.05, 4.69) is 10.3 Å². The molecule has 0 bridgehead atoms. The molecule has 9 heteroatoms. The number of hydrogen-bond acceptors (Lipinski definition) is 6. The van der Waals surface area contributed by atoms with Crippen molar-refractivity contribution in [2.75, 3.05) is 33.4 Å². The van der Waals surface area contributed by atoms with Crippen LogP contribution < -0.4 is 5.32 Å². The first-order chi connectivity index (χ1) is 12.5. The Bertz CT molecular complexity index is 744. The lowest BCUT2D eigenvalue weighted by atomic mass is 10.1. The van der Waals surface area contributed by atoms with Crippen molar-refractivity contribution >= 4 is 23.6 Å². The second-order valence-electron chi connectivity index (χ2n) is 6.00. The van der Waals surface area contributed by atoms with Crippen molar-refractivity contribution in [2.24, 2.45) is 4.99 Å². The molecule has 2 aliphatic rings. The van der Waals surface area contributed by atoms with Crippen LogP contribution in [0.1, 0.15) is 5.56 Å². The zero-order valence-corrected chi connectivity index (χ0v) is 14.3. The number of ether oxygens (including phenoxy) is 1. The monoisotopic (exact) mass is 362 g/mol. The molecule has 1 unspecified atom stereocenters. The molecule has 1 N–H and O–H groups in total. The Labute approximate surface area is 149 Å². The third-order valence-corrected chi connectivity index (χ3v) is 4.23. The maximum Gasteiger partial charge on any atom is 0.299 e. The smallest absolute Gasteiger partial charge is 0.299 e. The molecule has 0 aliphatic carbocycles. The zero-order chi connectivity index (χ0) is 18.7. The topological polar surface area (TPSA) is 91.3 Å². The molecule has 0 radical (unpaired) electrons. The number of amides is 2. The molecular weight excluding hydrogens is 343 g/mol. The molecule has 8 nitrogen and oxygen atoms in total. The second kappa shape index (κ2) is 7.61. The van der Waals surface area contributed by atoms with Crippen molar-refractivity contribution < 1.29 is 23.5 Å². The third kappa shape index (κ3) is 3.72. The van der Waals surface area contributed by atoms with Crippen LogP contribution >= 0.6 is 0 Å². The van der Waals surface area contributed by atoms with Crippen molar-refractivity contribution in [3.05, 3.63) is 35.6 Å². The standard InChI is InChI=1S/C17H19FN4O4/c1-21-16(25)14(23)13(20-17(21)22-6-8-26-9-7-22)15(24)19-10-11-2-4-12(18)5-3-11/h2-5,13H,6-10H2,1H3,(H,19,24). The Morgan fingerprint density at radius 1 is 1.27 bits per heavy atom. The summed E-state index contributed by atoms with van der Waals surface area (Å²) in [5.74, 6) is -2.40. The molecule has 1 fully saturated rings. The molecule has 1 saturated heterocycles. The van der Waals surface area contributed by atoms with Crippen molar-refractivity contribution in [1.82, 2.24) is 15.1 Å². The lowest BCUT2D eigenvalue weighted by Gasteiger charge is -2.36. The van der Waals surface area contributed by atoms with E-state index in [0.29, 0.717) is 37.8 Å². The van der Waals surface area contributed by atoms with Crippen LogP contribution in [0.25, 0.3) is 0 Å². The predicted molar refractivity (Wildman–Crippen MR) is 89.6 cm³/mol. The number of carbonyl (C=O) groups is 3. The summed E-state index contributed by atoms with van der Waals surface area (Å²) < 4.78 is 18.2. The molecule has 2 aliphatic heterocycles. The summed E-state index contributed by atoms with van der Waals surface area (Å²) in [6, 6.07) is 4.19. The van der Waals surface area contributed by atoms with Crippen molar-refractivity contribution in [1.29, 1.82) is 0 Å². The van der Waals surface area contributed by atoms with Gasteiger partial charge >= 0.3 is 0 Å². The Balaban J connectivity index is 1.74. The van der Waals surface area contributed by atoms with Gasteiger partial charge in [-0.3, -0.25) is 19.3 Å². The minimum absolute atomic E-state index is 0.106. The van der Waals surface area contributed by atoms with Crippen LogP contribution in [0.15, 0.2) is 29.3 Å². The molecule has 138 valence electrons. The maximum atomic E-state index is 12.9. The first-order valence-corrected chi connectivity index (χ1v) is 8.22. The van der Waals surface area contributed by atoms with Crippen molar-refractivity contribution in [3.63, 3.8) is 0 Å². The maximum absolute atomic E-state index is 12.9. The van der Waals surface area contributed by atoms with Gasteiger partial charge in [-0.2, -0.15) is 0 Å². The summed E-state index contributed by atoms with van der Waals surface area (Å²) >= 11 is 0. The average molecular weight is 362 g/mol. The van der Waals surface area contributed by atoms with E-state index < -0.39 is 23.6 Å². The van der Waals surface area contributed by atoms with Gasteiger partial charge in [0.2, 0.25) is 5.96 Å². The number of halogens is 1. The van der Waals surface area contributed by atoms with Gasteiger partial charge in [-0.1, -0.05) is 12.1 Å². The molecule has 0 spiro atoms. The molecule has 1 atom stereocenters. The van der Waals surface area contributed by atoms with Crippen LogP contribution in [0.4, 0.5) is 4.39 Å². The van der Waals surface area contributed by atoms with Gasteiger partial charge < -0.3 is 15.0 Å². The zero-order valence-electron chi connectivity index (χ0n) is 14.3. The number of nitrogens with one attached hydrogen (secondary N) is 1. The minimum Gasteiger partial charge on any atom is -0.378 e. The Kier molecular flexibility index (Phi) is 5.27. The van der Waals surface area contributed by atoms with Crippen molar-refractivity contribution in [2.45, 2.75) is 12.6 Å². The highest BCUT2D eigenvalue weighted by Gasteiger charge is 2.41. The number of carbonyl (C=O) groups excluding carboxylic acids is 3. The van der Waals surface area contributed by atoms with Gasteiger partial charge in [0.15, 0.2) is 6.04 Å². The summed E-state index contributed by atoms with van der Waals surface area (Å²) in [6.45, 7) is 2.12. The number of aliphatic imine (C=N–C) groups is 1. The molecular formula is C17H19FN4O4. The Morgan fingerprint density at radius 2 is 1.92 bits per heavy atom. The van der Waals surface area contributed by atoms with E-state index >= 15 is 0 Å². The first kappa shape index (κ1) is 18.0. The lowest BCUT2D eigenvalue weighted by Crippen LogP contribution is -2.58. The number of nitrogens with zero attached hydrogens (tertiary/aromatic N) is 3. The number of benzene rings is 1. The quantitative estimate of drug-likeness (QED) is 0.580.